The standard InChI is InChI=1S/C65H60BN4.C13H11FN.Ir/c1-62(2,3)40-22-26-44(27-23-40)68-54-30-25-42(64(7,8)9)36-50(54)66-51-37-43(65(10,11)12)35-49-48-34-41(63(4,5)6)24-29-53(48)69(60(49)51)58-33-39(32-57(68)59(58)66)38-21-28-46-45-17-13-14-18-47(45)61-67-52-19-15-16-20-55(52)70(61)56(46)31-38;1-9-7-13(15-8-10(9)2)11-3-5-12(14)6-4-11;/h13-17,19-37H,1-12H3;3,5-8H,1-2H3;/q2*-1;. The second kappa shape index (κ2) is 20.2. The Labute approximate surface area is 519 Å². The smallest absolute Gasteiger partial charge is 0.252 e. The van der Waals surface area contributed by atoms with Gasteiger partial charge in [-0.1, -0.05) is 161 Å². The summed E-state index contributed by atoms with van der Waals surface area (Å²) in [5.41, 5.74) is 27.3. The number of fused-ring (bicyclic) bond motifs is 15. The van der Waals surface area contributed by atoms with E-state index >= 15 is 0 Å². The minimum Gasteiger partial charge on any atom is -0.333 e. The maximum Gasteiger partial charge on any atom is 0.252 e. The van der Waals surface area contributed by atoms with E-state index in [2.05, 4.69) is 254 Å². The van der Waals surface area contributed by atoms with Crippen molar-refractivity contribution >= 4 is 100 Å². The summed E-state index contributed by atoms with van der Waals surface area (Å²) in [6.07, 6.45) is 1.82. The Morgan fingerprint density at radius 1 is 0.500 bits per heavy atom. The van der Waals surface area contributed by atoms with Crippen LogP contribution in [0.25, 0.3) is 88.2 Å². The summed E-state index contributed by atoms with van der Waals surface area (Å²) in [7, 11) is 0. The molecule has 0 bridgehead atoms. The molecule has 13 aromatic rings. The van der Waals surface area contributed by atoms with Gasteiger partial charge in [0.05, 0.1) is 22.2 Å². The Morgan fingerprint density at radius 3 is 1.88 bits per heavy atom. The summed E-state index contributed by atoms with van der Waals surface area (Å²) >= 11 is 0. The van der Waals surface area contributed by atoms with Crippen LogP contribution in [0, 0.1) is 31.8 Å². The second-order valence-electron chi connectivity index (χ2n) is 28.1. The molecule has 429 valence electrons. The van der Waals surface area contributed by atoms with Crippen LogP contribution in [0.2, 0.25) is 0 Å². The van der Waals surface area contributed by atoms with Crippen molar-refractivity contribution in [2.45, 2.75) is 119 Å². The van der Waals surface area contributed by atoms with Gasteiger partial charge in [-0.3, -0.25) is 9.37 Å². The number of anilines is 3. The van der Waals surface area contributed by atoms with Gasteiger partial charge in [0.15, 0.2) is 0 Å². The van der Waals surface area contributed by atoms with Gasteiger partial charge >= 0.3 is 0 Å². The topological polar surface area (TPSA) is 38.4 Å². The summed E-state index contributed by atoms with van der Waals surface area (Å²) in [5, 5.41) is 6.03. The second-order valence-corrected chi connectivity index (χ2v) is 28.1. The molecule has 6 heterocycles. The molecule has 0 aliphatic carbocycles. The molecule has 86 heavy (non-hydrogen) atoms. The Morgan fingerprint density at radius 2 is 1.17 bits per heavy atom. The van der Waals surface area contributed by atoms with Crippen molar-refractivity contribution < 1.29 is 24.5 Å². The van der Waals surface area contributed by atoms with E-state index in [0.29, 0.717) is 0 Å². The molecule has 15 rings (SSSR count). The number of benzene rings is 9. The third kappa shape index (κ3) is 9.29. The molecule has 0 fully saturated rings. The van der Waals surface area contributed by atoms with Gasteiger partial charge in [0.1, 0.15) is 0 Å². The molecule has 1 radical (unpaired) electrons. The van der Waals surface area contributed by atoms with Crippen LogP contribution in [0.5, 0.6) is 0 Å². The Bertz CT molecular complexity index is 4910. The minimum atomic E-state index is -0.275. The first-order valence-corrected chi connectivity index (χ1v) is 30.0. The van der Waals surface area contributed by atoms with E-state index in [4.69, 9.17) is 4.98 Å². The largest absolute Gasteiger partial charge is 0.333 e. The summed E-state index contributed by atoms with van der Waals surface area (Å²) in [6.45, 7) is 32.1. The average molecular weight is 1300 g/mol. The van der Waals surface area contributed by atoms with Crippen LogP contribution in [0.1, 0.15) is 116 Å². The van der Waals surface area contributed by atoms with Crippen LogP contribution < -0.4 is 21.3 Å². The molecule has 0 amide bonds. The summed E-state index contributed by atoms with van der Waals surface area (Å²) in [5.74, 6) is -0.275. The first kappa shape index (κ1) is 56.9. The van der Waals surface area contributed by atoms with E-state index in [9.17, 15) is 4.39 Å². The third-order valence-electron chi connectivity index (χ3n) is 18.2. The van der Waals surface area contributed by atoms with E-state index in [-0.39, 0.29) is 54.3 Å². The molecular weight excluding hydrogens is 1230 g/mol. The molecule has 8 heteroatoms. The number of aromatic nitrogens is 4. The molecule has 4 aromatic heterocycles. The van der Waals surface area contributed by atoms with Crippen LogP contribution >= 0.6 is 0 Å². The van der Waals surface area contributed by atoms with Crippen molar-refractivity contribution in [1.29, 1.82) is 0 Å². The van der Waals surface area contributed by atoms with Crippen LogP contribution in [0.3, 0.4) is 0 Å². The minimum absolute atomic E-state index is 0. The number of nitrogens with zero attached hydrogens (tertiary/aromatic N) is 5. The molecule has 0 saturated heterocycles. The molecule has 9 aromatic carbocycles. The molecular formula is C78H71BFIrN5-2. The van der Waals surface area contributed by atoms with Gasteiger partial charge in [0, 0.05) is 76.7 Å². The van der Waals surface area contributed by atoms with Gasteiger partial charge in [0.2, 0.25) is 0 Å². The molecule has 0 N–H and O–H groups in total. The fraction of sp³-hybridized carbons (Fsp3) is 0.231. The third-order valence-corrected chi connectivity index (χ3v) is 18.2. The number of pyridine rings is 2. The van der Waals surface area contributed by atoms with Gasteiger partial charge in [-0.05, 0) is 169 Å². The maximum atomic E-state index is 12.7. The average Bonchev–Trinajstić information content (AvgIpc) is 1.12. The van der Waals surface area contributed by atoms with Crippen molar-refractivity contribution in [2.24, 2.45) is 0 Å². The summed E-state index contributed by atoms with van der Waals surface area (Å²) in [4.78, 5) is 12.1. The molecule has 2 aliphatic rings. The first-order valence-electron chi connectivity index (χ1n) is 30.0. The van der Waals surface area contributed by atoms with Gasteiger partial charge in [-0.25, -0.2) is 0 Å². The quantitative estimate of drug-likeness (QED) is 0.101. The van der Waals surface area contributed by atoms with Crippen LogP contribution in [-0.2, 0) is 41.8 Å². The van der Waals surface area contributed by atoms with Gasteiger partial charge in [-0.2, -0.15) is 0 Å². The number of para-hydroxylation sites is 2. The van der Waals surface area contributed by atoms with Crippen molar-refractivity contribution in [3.8, 4) is 28.1 Å². The number of hydrogen-bond donors (Lipinski definition) is 0. The zero-order chi connectivity index (χ0) is 59.4. The molecule has 0 unspecified atom stereocenters. The Kier molecular flexibility index (Phi) is 13.4. The van der Waals surface area contributed by atoms with Gasteiger partial charge in [-0.15, -0.1) is 59.5 Å². The number of hydrogen-bond acceptors (Lipinski definition) is 3. The van der Waals surface area contributed by atoms with Gasteiger partial charge in [0.25, 0.3) is 6.71 Å². The van der Waals surface area contributed by atoms with Crippen molar-refractivity contribution in [3.05, 3.63) is 227 Å². The number of rotatable bonds is 3. The van der Waals surface area contributed by atoms with E-state index in [1.165, 1.54) is 106 Å². The number of halogens is 1. The maximum absolute atomic E-state index is 12.7. The zero-order valence-electron chi connectivity index (χ0n) is 51.8. The molecule has 0 spiro atoms. The molecule has 0 atom stereocenters. The number of aryl methyl sites for hydroxylation is 2. The molecule has 2 aliphatic heterocycles. The predicted octanol–water partition coefficient (Wildman–Crippen LogP) is 18.5. The Hall–Kier alpha value is -8.16. The van der Waals surface area contributed by atoms with Crippen molar-refractivity contribution in [1.82, 2.24) is 18.9 Å². The SMILES string of the molecule is CC(C)(C)c1ccc(N2c3ccc(C(C)(C)C)cc3B3c4c2cc(-c2ccc5c6ccc[c-]c6c6nc7ccccc7n6c5c2)cc4-n2c4ccc(C(C)(C)C)cc4c4cc(C(C)(C)C)cc3c42)cc1.Cc1cnc(-c2[c-]cc(F)cc2)cc1C.[Ir]. The van der Waals surface area contributed by atoms with E-state index in [1.54, 1.807) is 6.07 Å². The first-order chi connectivity index (χ1) is 40.4. The molecule has 5 nitrogen and oxygen atoms in total. The zero-order valence-corrected chi connectivity index (χ0v) is 54.2. The summed E-state index contributed by atoms with van der Waals surface area (Å²) in [6, 6.07) is 68.9. The van der Waals surface area contributed by atoms with E-state index in [1.807, 2.05) is 32.2 Å². The van der Waals surface area contributed by atoms with Crippen molar-refractivity contribution in [3.63, 3.8) is 0 Å². The number of imidazole rings is 1. The van der Waals surface area contributed by atoms with E-state index in [0.717, 1.165) is 61.0 Å². The summed E-state index contributed by atoms with van der Waals surface area (Å²) < 4.78 is 17.7. The van der Waals surface area contributed by atoms with Crippen LogP contribution in [0.15, 0.2) is 176 Å². The van der Waals surface area contributed by atoms with E-state index < -0.39 is 0 Å². The molecule has 0 saturated carbocycles. The monoisotopic (exact) mass is 1300 g/mol. The fourth-order valence-electron chi connectivity index (χ4n) is 13.2. The van der Waals surface area contributed by atoms with Gasteiger partial charge < -0.3 is 18.9 Å². The van der Waals surface area contributed by atoms with Crippen LogP contribution in [-0.4, -0.2) is 25.6 Å². The van der Waals surface area contributed by atoms with Crippen molar-refractivity contribution in [2.75, 3.05) is 4.90 Å². The fourth-order valence-corrected chi connectivity index (χ4v) is 13.2. The Balaban J connectivity index is 0.000000375. The van der Waals surface area contributed by atoms with Crippen LogP contribution in [0.4, 0.5) is 21.5 Å². The predicted molar refractivity (Wildman–Crippen MR) is 358 cm³/mol. The normalized spacial score (nSPS) is 13.2.